The maximum absolute atomic E-state index is 5.99. The van der Waals surface area contributed by atoms with Crippen LogP contribution in [-0.4, -0.2) is 51.6 Å². The molecular weight excluding hydrogens is 310 g/mol. The van der Waals surface area contributed by atoms with Crippen LogP contribution >= 0.6 is 23.8 Å². The summed E-state index contributed by atoms with van der Waals surface area (Å²) in [5.41, 5.74) is 0.765. The molecule has 0 bridgehead atoms. The Kier molecular flexibility index (Phi) is 6.50. The number of thiocarbonyl (C=S) groups is 1. The van der Waals surface area contributed by atoms with Gasteiger partial charge in [-0.1, -0.05) is 11.6 Å². The summed E-state index contributed by atoms with van der Waals surface area (Å²) in [4.78, 5) is 1.54. The van der Waals surface area contributed by atoms with Gasteiger partial charge >= 0.3 is 0 Å². The van der Waals surface area contributed by atoms with Crippen LogP contribution in [-0.2, 0) is 4.74 Å². The van der Waals surface area contributed by atoms with Gasteiger partial charge in [0.25, 0.3) is 0 Å². The molecule has 0 amide bonds. The minimum Gasteiger partial charge on any atom is -0.495 e. The Labute approximate surface area is 135 Å². The van der Waals surface area contributed by atoms with Crippen molar-refractivity contribution < 1.29 is 14.4 Å². The van der Waals surface area contributed by atoms with E-state index in [4.69, 9.17) is 33.3 Å². The summed E-state index contributed by atoms with van der Waals surface area (Å²) in [5.74, 6) is 0.711. The van der Waals surface area contributed by atoms with Crippen LogP contribution in [0.4, 0.5) is 5.69 Å². The highest BCUT2D eigenvalue weighted by Crippen LogP contribution is 2.27. The van der Waals surface area contributed by atoms with Crippen molar-refractivity contribution in [1.29, 1.82) is 0 Å². The SMILES string of the molecule is COc1ccc(Cl)cc1NC(=S)NCC[NH+]1CCOCC1. The molecule has 0 unspecified atom stereocenters. The first-order chi connectivity index (χ1) is 10.2. The van der Waals surface area contributed by atoms with E-state index in [1.807, 2.05) is 6.07 Å². The lowest BCUT2D eigenvalue weighted by Crippen LogP contribution is -3.14. The summed E-state index contributed by atoms with van der Waals surface area (Å²) in [6.07, 6.45) is 0. The van der Waals surface area contributed by atoms with Crippen molar-refractivity contribution in [1.82, 2.24) is 5.32 Å². The van der Waals surface area contributed by atoms with E-state index in [-0.39, 0.29) is 0 Å². The highest BCUT2D eigenvalue weighted by Gasteiger charge is 2.13. The number of hydrogen-bond acceptors (Lipinski definition) is 3. The predicted molar refractivity (Wildman–Crippen MR) is 88.6 cm³/mol. The van der Waals surface area contributed by atoms with Crippen molar-refractivity contribution in [2.75, 3.05) is 51.8 Å². The van der Waals surface area contributed by atoms with E-state index >= 15 is 0 Å². The zero-order valence-electron chi connectivity index (χ0n) is 12.1. The molecule has 7 heteroatoms. The Morgan fingerprint density at radius 1 is 1.43 bits per heavy atom. The standard InChI is InChI=1S/C14H20ClN3O2S/c1-19-13-3-2-11(15)10-12(13)17-14(21)16-4-5-18-6-8-20-9-7-18/h2-3,10H,4-9H2,1H3,(H2,16,17,21)/p+1. The Morgan fingerprint density at radius 3 is 2.90 bits per heavy atom. The Balaban J connectivity index is 1.77. The third kappa shape index (κ3) is 5.32. The number of ether oxygens (including phenoxy) is 2. The molecule has 1 aliphatic rings. The number of hydrogen-bond donors (Lipinski definition) is 3. The second-order valence-corrected chi connectivity index (χ2v) is 5.68. The molecule has 0 saturated carbocycles. The van der Waals surface area contributed by atoms with E-state index in [0.717, 1.165) is 45.1 Å². The largest absolute Gasteiger partial charge is 0.495 e. The van der Waals surface area contributed by atoms with Gasteiger partial charge in [-0.15, -0.1) is 0 Å². The lowest BCUT2D eigenvalue weighted by Gasteiger charge is -2.24. The van der Waals surface area contributed by atoms with Crippen LogP contribution in [0.15, 0.2) is 18.2 Å². The van der Waals surface area contributed by atoms with Gasteiger partial charge in [-0.2, -0.15) is 0 Å². The van der Waals surface area contributed by atoms with Gasteiger partial charge < -0.3 is 25.0 Å². The van der Waals surface area contributed by atoms with Gasteiger partial charge in [-0.3, -0.25) is 0 Å². The predicted octanol–water partition coefficient (Wildman–Crippen LogP) is 0.550. The average molecular weight is 331 g/mol. The van der Waals surface area contributed by atoms with Crippen molar-refractivity contribution in [2.45, 2.75) is 0 Å². The summed E-state index contributed by atoms with van der Waals surface area (Å²) in [7, 11) is 1.62. The fourth-order valence-corrected chi connectivity index (χ4v) is 2.59. The Morgan fingerprint density at radius 2 is 2.19 bits per heavy atom. The molecule has 1 aliphatic heterocycles. The third-order valence-corrected chi connectivity index (χ3v) is 3.86. The maximum Gasteiger partial charge on any atom is 0.171 e. The Bertz CT molecular complexity index is 481. The second-order valence-electron chi connectivity index (χ2n) is 4.84. The molecular formula is C14H21ClN3O2S+. The van der Waals surface area contributed by atoms with Crippen molar-refractivity contribution in [3.05, 3.63) is 23.2 Å². The molecule has 3 N–H and O–H groups in total. The van der Waals surface area contributed by atoms with Crippen LogP contribution in [0.2, 0.25) is 5.02 Å². The van der Waals surface area contributed by atoms with Crippen LogP contribution in [0.25, 0.3) is 0 Å². The monoisotopic (exact) mass is 330 g/mol. The lowest BCUT2D eigenvalue weighted by atomic mass is 10.3. The van der Waals surface area contributed by atoms with Crippen molar-refractivity contribution in [3.63, 3.8) is 0 Å². The topological polar surface area (TPSA) is 47.0 Å². The van der Waals surface area contributed by atoms with Crippen LogP contribution in [0.3, 0.4) is 0 Å². The van der Waals surface area contributed by atoms with E-state index in [1.165, 1.54) is 4.90 Å². The van der Waals surface area contributed by atoms with Crippen molar-refractivity contribution in [3.8, 4) is 5.75 Å². The lowest BCUT2D eigenvalue weighted by molar-refractivity contribution is -0.906. The molecule has 0 spiro atoms. The average Bonchev–Trinajstić information content (AvgIpc) is 2.48. The molecule has 5 nitrogen and oxygen atoms in total. The van der Waals surface area contributed by atoms with Gasteiger partial charge in [0, 0.05) is 5.02 Å². The summed E-state index contributed by atoms with van der Waals surface area (Å²) >= 11 is 11.3. The number of methoxy groups -OCH3 is 1. The zero-order valence-corrected chi connectivity index (χ0v) is 13.6. The number of rotatable bonds is 5. The molecule has 1 saturated heterocycles. The highest BCUT2D eigenvalue weighted by atomic mass is 35.5. The van der Waals surface area contributed by atoms with Gasteiger partial charge in [-0.25, -0.2) is 0 Å². The summed E-state index contributed by atoms with van der Waals surface area (Å²) in [6, 6.07) is 5.39. The van der Waals surface area contributed by atoms with Gasteiger partial charge in [-0.05, 0) is 30.4 Å². The van der Waals surface area contributed by atoms with E-state index in [1.54, 1.807) is 19.2 Å². The van der Waals surface area contributed by atoms with E-state index in [0.29, 0.717) is 15.9 Å². The number of quaternary nitrogens is 1. The third-order valence-electron chi connectivity index (χ3n) is 3.37. The number of morpholine rings is 1. The van der Waals surface area contributed by atoms with Crippen LogP contribution in [0.5, 0.6) is 5.75 Å². The molecule has 0 aromatic heterocycles. The van der Waals surface area contributed by atoms with Gasteiger partial charge in [0.1, 0.15) is 18.8 Å². The van der Waals surface area contributed by atoms with E-state index in [9.17, 15) is 0 Å². The highest BCUT2D eigenvalue weighted by molar-refractivity contribution is 7.80. The van der Waals surface area contributed by atoms with Crippen LogP contribution < -0.4 is 20.3 Å². The molecule has 2 rings (SSSR count). The molecule has 1 aromatic carbocycles. The van der Waals surface area contributed by atoms with Gasteiger partial charge in [0.15, 0.2) is 5.11 Å². The molecule has 0 aliphatic carbocycles. The molecule has 1 aromatic rings. The molecule has 21 heavy (non-hydrogen) atoms. The molecule has 116 valence electrons. The summed E-state index contributed by atoms with van der Waals surface area (Å²) in [6.45, 7) is 5.66. The zero-order chi connectivity index (χ0) is 15.1. The number of nitrogens with one attached hydrogen (secondary N) is 3. The molecule has 0 radical (unpaired) electrons. The second kappa shape index (κ2) is 8.38. The van der Waals surface area contributed by atoms with Crippen LogP contribution in [0.1, 0.15) is 0 Å². The summed E-state index contributed by atoms with van der Waals surface area (Å²) < 4.78 is 10.6. The van der Waals surface area contributed by atoms with Gasteiger partial charge in [0.05, 0.1) is 39.1 Å². The fourth-order valence-electron chi connectivity index (χ4n) is 2.21. The van der Waals surface area contributed by atoms with Crippen LogP contribution in [0, 0.1) is 0 Å². The molecule has 0 atom stereocenters. The van der Waals surface area contributed by atoms with E-state index < -0.39 is 0 Å². The fraction of sp³-hybridized carbons (Fsp3) is 0.500. The summed E-state index contributed by atoms with van der Waals surface area (Å²) in [5, 5.41) is 7.54. The van der Waals surface area contributed by atoms with Crippen molar-refractivity contribution >= 4 is 34.6 Å². The van der Waals surface area contributed by atoms with Gasteiger partial charge in [0.2, 0.25) is 0 Å². The molecule has 1 fully saturated rings. The first-order valence-corrected chi connectivity index (χ1v) is 7.77. The smallest absolute Gasteiger partial charge is 0.171 e. The Hall–Kier alpha value is -1.08. The normalized spacial score (nSPS) is 15.5. The maximum atomic E-state index is 5.99. The number of anilines is 1. The number of halogens is 1. The number of benzene rings is 1. The molecule has 1 heterocycles. The van der Waals surface area contributed by atoms with Crippen molar-refractivity contribution in [2.24, 2.45) is 0 Å². The minimum atomic E-state index is 0.572. The first-order valence-electron chi connectivity index (χ1n) is 6.99. The first kappa shape index (κ1) is 16.3. The van der Waals surface area contributed by atoms with E-state index in [2.05, 4.69) is 10.6 Å². The minimum absolute atomic E-state index is 0.572. The quantitative estimate of drug-likeness (QED) is 0.688.